The number of benzene rings is 2. The van der Waals surface area contributed by atoms with Gasteiger partial charge in [0.25, 0.3) is 0 Å². The van der Waals surface area contributed by atoms with Gasteiger partial charge in [-0.2, -0.15) is 0 Å². The number of rotatable bonds is 1. The summed E-state index contributed by atoms with van der Waals surface area (Å²) in [5.41, 5.74) is 1.18. The summed E-state index contributed by atoms with van der Waals surface area (Å²) in [6.07, 6.45) is 2.01. The first-order valence-corrected chi connectivity index (χ1v) is 5.69. The van der Waals surface area contributed by atoms with Crippen LogP contribution in [0.3, 0.4) is 0 Å². The third kappa shape index (κ3) is 1.38. The van der Waals surface area contributed by atoms with Crippen molar-refractivity contribution in [2.24, 2.45) is 0 Å². The van der Waals surface area contributed by atoms with Crippen LogP contribution in [0.2, 0.25) is 0 Å². The number of nitrogens with zero attached hydrogens (tertiary/aromatic N) is 1. The molecule has 2 aromatic rings. The number of hydrogen-bond acceptors (Lipinski definition) is 1. The first-order chi connectivity index (χ1) is 7.86. The Labute approximate surface area is 95.0 Å². The van der Waals surface area contributed by atoms with E-state index in [0.29, 0.717) is 0 Å². The molecule has 1 fully saturated rings. The van der Waals surface area contributed by atoms with Crippen molar-refractivity contribution in [2.45, 2.75) is 12.8 Å². The fourth-order valence-electron chi connectivity index (χ4n) is 2.38. The van der Waals surface area contributed by atoms with Gasteiger partial charge in [0.2, 0.25) is 0 Å². The normalized spacial score (nSPS) is 16.0. The van der Waals surface area contributed by atoms with Crippen LogP contribution in [0.4, 0.5) is 5.69 Å². The second-order valence-corrected chi connectivity index (χ2v) is 4.20. The van der Waals surface area contributed by atoms with Crippen molar-refractivity contribution in [3.63, 3.8) is 0 Å². The van der Waals surface area contributed by atoms with Crippen molar-refractivity contribution in [3.05, 3.63) is 42.5 Å². The molecular formula is C14H14N2. The summed E-state index contributed by atoms with van der Waals surface area (Å²) in [4.78, 5) is 2.13. The van der Waals surface area contributed by atoms with E-state index >= 15 is 0 Å². The quantitative estimate of drug-likeness (QED) is 0.767. The lowest BCUT2D eigenvalue weighted by atomic mass is 10.1. The second kappa shape index (κ2) is 3.63. The topological polar surface area (TPSA) is 27.1 Å². The van der Waals surface area contributed by atoms with Gasteiger partial charge in [0, 0.05) is 24.0 Å². The monoisotopic (exact) mass is 210 g/mol. The molecule has 3 rings (SSSR count). The van der Waals surface area contributed by atoms with E-state index in [2.05, 4.69) is 47.4 Å². The number of hydrogen-bond donors (Lipinski definition) is 1. The Morgan fingerprint density at radius 2 is 1.81 bits per heavy atom. The highest BCUT2D eigenvalue weighted by atomic mass is 15.2. The van der Waals surface area contributed by atoms with Gasteiger partial charge in [-0.3, -0.25) is 5.41 Å². The third-order valence-electron chi connectivity index (χ3n) is 3.18. The summed E-state index contributed by atoms with van der Waals surface area (Å²) in [5.74, 6) is 0.747. The highest BCUT2D eigenvalue weighted by Gasteiger charge is 2.19. The van der Waals surface area contributed by atoms with E-state index in [9.17, 15) is 0 Å². The van der Waals surface area contributed by atoms with Crippen molar-refractivity contribution in [1.29, 1.82) is 5.41 Å². The summed E-state index contributed by atoms with van der Waals surface area (Å²) >= 11 is 0. The van der Waals surface area contributed by atoms with Crippen LogP contribution in [0.25, 0.3) is 10.8 Å². The molecule has 0 atom stereocenters. The van der Waals surface area contributed by atoms with Gasteiger partial charge in [-0.15, -0.1) is 0 Å². The molecule has 0 aliphatic carbocycles. The predicted molar refractivity (Wildman–Crippen MR) is 68.3 cm³/mol. The molecule has 0 unspecified atom stereocenters. The average Bonchev–Trinajstić information content (AvgIpc) is 2.75. The lowest BCUT2D eigenvalue weighted by Gasteiger charge is -2.19. The summed E-state index contributed by atoms with van der Waals surface area (Å²) in [6, 6.07) is 14.7. The molecule has 1 N–H and O–H groups in total. The van der Waals surface area contributed by atoms with Gasteiger partial charge in [0.05, 0.1) is 0 Å². The Morgan fingerprint density at radius 1 is 1.00 bits per heavy atom. The smallest absolute Gasteiger partial charge is 0.100 e. The van der Waals surface area contributed by atoms with Gasteiger partial charge < -0.3 is 4.90 Å². The highest BCUT2D eigenvalue weighted by molar-refractivity contribution is 6.05. The van der Waals surface area contributed by atoms with E-state index in [1.807, 2.05) is 0 Å². The van der Waals surface area contributed by atoms with Crippen LogP contribution in [0.1, 0.15) is 12.8 Å². The van der Waals surface area contributed by atoms with Crippen molar-refractivity contribution < 1.29 is 0 Å². The molecule has 0 bridgehead atoms. The molecule has 0 radical (unpaired) electrons. The molecule has 2 heteroatoms. The Hall–Kier alpha value is -1.83. The highest BCUT2D eigenvalue weighted by Crippen LogP contribution is 2.29. The van der Waals surface area contributed by atoms with E-state index in [1.54, 1.807) is 0 Å². The van der Waals surface area contributed by atoms with Crippen LogP contribution in [0.15, 0.2) is 42.5 Å². The van der Waals surface area contributed by atoms with E-state index < -0.39 is 0 Å². The third-order valence-corrected chi connectivity index (χ3v) is 3.18. The molecule has 80 valence electrons. The Morgan fingerprint density at radius 3 is 2.62 bits per heavy atom. The summed E-state index contributed by atoms with van der Waals surface area (Å²) in [6.45, 7) is 0.979. The minimum Gasteiger partial charge on any atom is -0.330 e. The van der Waals surface area contributed by atoms with Crippen molar-refractivity contribution in [1.82, 2.24) is 0 Å². The minimum absolute atomic E-state index is 0.747. The van der Waals surface area contributed by atoms with Gasteiger partial charge in [-0.05, 0) is 17.9 Å². The number of anilines is 1. The molecule has 0 saturated carbocycles. The lowest BCUT2D eigenvalue weighted by molar-refractivity contribution is 0.958. The molecule has 16 heavy (non-hydrogen) atoms. The van der Waals surface area contributed by atoms with E-state index in [-0.39, 0.29) is 0 Å². The molecule has 0 aromatic heterocycles. The number of nitrogens with one attached hydrogen (secondary N) is 1. The summed E-state index contributed by atoms with van der Waals surface area (Å²) in [7, 11) is 0. The van der Waals surface area contributed by atoms with Gasteiger partial charge in [-0.25, -0.2) is 0 Å². The van der Waals surface area contributed by atoms with Gasteiger partial charge in [0.15, 0.2) is 0 Å². The van der Waals surface area contributed by atoms with Crippen LogP contribution >= 0.6 is 0 Å². The summed E-state index contributed by atoms with van der Waals surface area (Å²) in [5, 5.41) is 10.4. The standard InChI is InChI=1S/C14H14N2/c15-14-9-4-10-16(14)13-8-3-6-11-5-1-2-7-12(11)13/h1-3,5-8,15H,4,9-10H2. The van der Waals surface area contributed by atoms with E-state index in [1.165, 1.54) is 16.5 Å². The maximum Gasteiger partial charge on any atom is 0.100 e. The van der Waals surface area contributed by atoms with Crippen molar-refractivity contribution in [3.8, 4) is 0 Å². The fourth-order valence-corrected chi connectivity index (χ4v) is 2.38. The first kappa shape index (κ1) is 9.40. The van der Waals surface area contributed by atoms with Crippen LogP contribution < -0.4 is 4.90 Å². The van der Waals surface area contributed by atoms with Crippen LogP contribution in [0.5, 0.6) is 0 Å². The average molecular weight is 210 g/mol. The number of amidine groups is 1. The molecule has 0 amide bonds. The number of fused-ring (bicyclic) bond motifs is 1. The Balaban J connectivity index is 2.19. The maximum atomic E-state index is 7.94. The Kier molecular flexibility index (Phi) is 2.13. The minimum atomic E-state index is 0.747. The zero-order chi connectivity index (χ0) is 11.0. The largest absolute Gasteiger partial charge is 0.330 e. The lowest BCUT2D eigenvalue weighted by Crippen LogP contribution is -2.23. The molecular weight excluding hydrogens is 196 g/mol. The zero-order valence-electron chi connectivity index (χ0n) is 9.11. The molecule has 0 spiro atoms. The SMILES string of the molecule is N=C1CCCN1c1cccc2ccccc12. The van der Waals surface area contributed by atoms with Gasteiger partial charge in [-0.1, -0.05) is 36.4 Å². The van der Waals surface area contributed by atoms with E-state index in [4.69, 9.17) is 5.41 Å². The van der Waals surface area contributed by atoms with Gasteiger partial charge >= 0.3 is 0 Å². The van der Waals surface area contributed by atoms with Crippen molar-refractivity contribution >= 4 is 22.3 Å². The first-order valence-electron chi connectivity index (χ1n) is 5.69. The maximum absolute atomic E-state index is 7.94. The molecule has 1 aliphatic heterocycles. The van der Waals surface area contributed by atoms with Gasteiger partial charge in [0.1, 0.15) is 5.84 Å². The van der Waals surface area contributed by atoms with Crippen LogP contribution in [-0.2, 0) is 0 Å². The molecule has 2 nitrogen and oxygen atoms in total. The second-order valence-electron chi connectivity index (χ2n) is 4.20. The Bertz CT molecular complexity index is 540. The zero-order valence-corrected chi connectivity index (χ0v) is 9.11. The molecule has 1 saturated heterocycles. The summed E-state index contributed by atoms with van der Waals surface area (Å²) < 4.78 is 0. The van der Waals surface area contributed by atoms with Crippen LogP contribution in [-0.4, -0.2) is 12.4 Å². The molecule has 2 aromatic carbocycles. The molecule has 1 heterocycles. The van der Waals surface area contributed by atoms with Crippen molar-refractivity contribution in [2.75, 3.05) is 11.4 Å². The predicted octanol–water partition coefficient (Wildman–Crippen LogP) is 3.42. The molecule has 1 aliphatic rings. The van der Waals surface area contributed by atoms with E-state index in [0.717, 1.165) is 25.2 Å². The van der Waals surface area contributed by atoms with Crippen LogP contribution in [0, 0.1) is 5.41 Å². The fraction of sp³-hybridized carbons (Fsp3) is 0.214.